The first kappa shape index (κ1) is 18.3. The van der Waals surface area contributed by atoms with Crippen LogP contribution in [0.15, 0.2) is 23.5 Å². The number of allylic oxidation sites excluding steroid dienone is 3. The van der Waals surface area contributed by atoms with Crippen molar-refractivity contribution < 1.29 is 9.53 Å². The number of ether oxygens (including phenoxy) is 1. The van der Waals surface area contributed by atoms with Crippen molar-refractivity contribution in [3.05, 3.63) is 23.5 Å². The number of hydrogen-bond donors (Lipinski definition) is 0. The SMILES string of the molecule is COC1=C[C@@]2(C)CCCCCCCC[C@H](C(C)(C)C)C(=C1)C2=O. The molecule has 0 aromatic heterocycles. The Balaban J connectivity index is 2.43. The molecule has 2 aliphatic rings. The van der Waals surface area contributed by atoms with Gasteiger partial charge in [0.25, 0.3) is 0 Å². The maximum Gasteiger partial charge on any atom is 0.169 e. The third-order valence-electron chi connectivity index (χ3n) is 5.63. The van der Waals surface area contributed by atoms with Gasteiger partial charge in [-0.3, -0.25) is 4.79 Å². The quantitative estimate of drug-likeness (QED) is 0.608. The topological polar surface area (TPSA) is 26.3 Å². The van der Waals surface area contributed by atoms with E-state index in [1.165, 1.54) is 32.1 Å². The standard InChI is InChI=1S/C21H34O2/c1-20(2,3)18-12-10-8-6-7-9-11-13-21(4)15-16(23-5)14-17(18)19(21)22/h14-15,18H,6-13H2,1-5H3/t18-,21+/m0/s1. The molecular formula is C21H34O2. The average Bonchev–Trinajstić information content (AvgIpc) is 2.47. The van der Waals surface area contributed by atoms with Crippen LogP contribution in [-0.4, -0.2) is 12.9 Å². The van der Waals surface area contributed by atoms with Crippen LogP contribution in [0.3, 0.4) is 0 Å². The minimum absolute atomic E-state index is 0.0999. The second-order valence-electron chi connectivity index (χ2n) is 8.68. The normalized spacial score (nSPS) is 30.7. The average molecular weight is 319 g/mol. The first-order chi connectivity index (χ1) is 10.8. The van der Waals surface area contributed by atoms with Gasteiger partial charge in [0.05, 0.1) is 12.5 Å². The van der Waals surface area contributed by atoms with Crippen LogP contribution >= 0.6 is 0 Å². The molecule has 2 atom stereocenters. The molecule has 2 heteroatoms. The highest BCUT2D eigenvalue weighted by Crippen LogP contribution is 2.44. The van der Waals surface area contributed by atoms with E-state index in [-0.39, 0.29) is 5.41 Å². The zero-order valence-corrected chi connectivity index (χ0v) is 15.7. The first-order valence-electron chi connectivity index (χ1n) is 9.31. The number of hydrogen-bond acceptors (Lipinski definition) is 2. The van der Waals surface area contributed by atoms with E-state index in [0.29, 0.717) is 11.7 Å². The number of ketones is 1. The van der Waals surface area contributed by atoms with E-state index in [2.05, 4.69) is 33.8 Å². The van der Waals surface area contributed by atoms with Crippen molar-refractivity contribution in [3.8, 4) is 0 Å². The van der Waals surface area contributed by atoms with Gasteiger partial charge in [0, 0.05) is 5.57 Å². The molecule has 2 rings (SSSR count). The van der Waals surface area contributed by atoms with Gasteiger partial charge in [0.1, 0.15) is 5.76 Å². The van der Waals surface area contributed by atoms with Gasteiger partial charge in [-0.25, -0.2) is 0 Å². The van der Waals surface area contributed by atoms with E-state index in [4.69, 9.17) is 4.74 Å². The molecule has 0 amide bonds. The first-order valence-corrected chi connectivity index (χ1v) is 9.31. The van der Waals surface area contributed by atoms with Crippen molar-refractivity contribution >= 4 is 5.78 Å². The lowest BCUT2D eigenvalue weighted by molar-refractivity contribution is -0.123. The zero-order valence-electron chi connectivity index (χ0n) is 15.7. The van der Waals surface area contributed by atoms with Crippen LogP contribution in [0.25, 0.3) is 0 Å². The van der Waals surface area contributed by atoms with Gasteiger partial charge in [-0.05, 0) is 43.3 Å². The number of rotatable bonds is 1. The second kappa shape index (κ2) is 7.23. The van der Waals surface area contributed by atoms with E-state index in [1.54, 1.807) is 7.11 Å². The van der Waals surface area contributed by atoms with Crippen LogP contribution in [0.5, 0.6) is 0 Å². The Bertz CT molecular complexity index is 492. The Labute approximate surface area is 142 Å². The number of fused-ring (bicyclic) bond motifs is 2. The lowest BCUT2D eigenvalue weighted by atomic mass is 9.65. The van der Waals surface area contributed by atoms with Gasteiger partial charge in [-0.15, -0.1) is 0 Å². The van der Waals surface area contributed by atoms with Crippen LogP contribution in [0.4, 0.5) is 0 Å². The van der Waals surface area contributed by atoms with Crippen LogP contribution in [0, 0.1) is 16.7 Å². The summed E-state index contributed by atoms with van der Waals surface area (Å²) in [6.07, 6.45) is 13.6. The zero-order chi connectivity index (χ0) is 17.1. The van der Waals surface area contributed by atoms with Crippen molar-refractivity contribution in [1.82, 2.24) is 0 Å². The van der Waals surface area contributed by atoms with E-state index >= 15 is 0 Å². The summed E-state index contributed by atoms with van der Waals surface area (Å²) in [6.45, 7) is 8.90. The Morgan fingerprint density at radius 1 is 1.09 bits per heavy atom. The van der Waals surface area contributed by atoms with Crippen LogP contribution in [0.1, 0.15) is 79.1 Å². The lowest BCUT2D eigenvalue weighted by Gasteiger charge is -2.38. The summed E-state index contributed by atoms with van der Waals surface area (Å²) in [7, 11) is 1.71. The molecule has 23 heavy (non-hydrogen) atoms. The van der Waals surface area contributed by atoms with E-state index < -0.39 is 5.41 Å². The van der Waals surface area contributed by atoms with Crippen molar-refractivity contribution in [1.29, 1.82) is 0 Å². The summed E-state index contributed by atoms with van der Waals surface area (Å²) < 4.78 is 5.56. The van der Waals surface area contributed by atoms with Gasteiger partial charge in [-0.1, -0.05) is 59.3 Å². The predicted octanol–water partition coefficient (Wildman–Crippen LogP) is 5.83. The maximum atomic E-state index is 13.3. The molecule has 0 N–H and O–H groups in total. The maximum absolute atomic E-state index is 13.3. The summed E-state index contributed by atoms with van der Waals surface area (Å²) in [6, 6.07) is 0. The monoisotopic (exact) mass is 318 g/mol. The van der Waals surface area contributed by atoms with Gasteiger partial charge >= 0.3 is 0 Å². The van der Waals surface area contributed by atoms with Crippen LogP contribution in [-0.2, 0) is 9.53 Å². The summed E-state index contributed by atoms with van der Waals surface area (Å²) in [5.41, 5.74) is 0.709. The molecule has 2 aliphatic carbocycles. The highest BCUT2D eigenvalue weighted by molar-refractivity contribution is 6.03. The van der Waals surface area contributed by atoms with Crippen molar-refractivity contribution in [2.24, 2.45) is 16.7 Å². The van der Waals surface area contributed by atoms with Gasteiger partial charge in [-0.2, -0.15) is 0 Å². The highest BCUT2D eigenvalue weighted by Gasteiger charge is 2.41. The van der Waals surface area contributed by atoms with Crippen LogP contribution in [0.2, 0.25) is 0 Å². The van der Waals surface area contributed by atoms with Gasteiger partial charge < -0.3 is 4.74 Å². The molecular weight excluding hydrogens is 284 g/mol. The van der Waals surface area contributed by atoms with Crippen molar-refractivity contribution in [2.75, 3.05) is 7.11 Å². The lowest BCUT2D eigenvalue weighted by Crippen LogP contribution is -2.36. The molecule has 130 valence electrons. The molecule has 0 radical (unpaired) electrons. The minimum atomic E-state index is -0.391. The molecule has 0 heterocycles. The third-order valence-corrected chi connectivity index (χ3v) is 5.63. The third kappa shape index (κ3) is 4.28. The minimum Gasteiger partial charge on any atom is -0.497 e. The van der Waals surface area contributed by atoms with Gasteiger partial charge in [0.2, 0.25) is 0 Å². The molecule has 0 saturated heterocycles. The smallest absolute Gasteiger partial charge is 0.169 e. The van der Waals surface area contributed by atoms with Crippen molar-refractivity contribution in [3.63, 3.8) is 0 Å². The van der Waals surface area contributed by atoms with Gasteiger partial charge in [0.15, 0.2) is 5.78 Å². The molecule has 0 spiro atoms. The fraction of sp³-hybridized carbons (Fsp3) is 0.762. The molecule has 0 aromatic carbocycles. The Hall–Kier alpha value is -1.05. The van der Waals surface area contributed by atoms with Crippen molar-refractivity contribution in [2.45, 2.75) is 79.1 Å². The summed E-state index contributed by atoms with van der Waals surface area (Å²) in [5.74, 6) is 1.51. The predicted molar refractivity (Wildman–Crippen MR) is 96.2 cm³/mol. The number of methoxy groups -OCH3 is 1. The molecule has 2 bridgehead atoms. The fourth-order valence-corrected chi connectivity index (χ4v) is 4.13. The fourth-order valence-electron chi connectivity index (χ4n) is 4.13. The molecule has 1 saturated carbocycles. The number of carbonyl (C=O) groups excluding carboxylic acids is 1. The van der Waals surface area contributed by atoms with E-state index in [1.807, 2.05) is 6.08 Å². The molecule has 0 aromatic rings. The number of Topliss-reactive ketones (excluding diaryl/α,β-unsaturated/α-hetero) is 1. The Morgan fingerprint density at radius 3 is 2.30 bits per heavy atom. The molecule has 2 nitrogen and oxygen atoms in total. The van der Waals surface area contributed by atoms with E-state index in [9.17, 15) is 4.79 Å². The molecule has 1 fully saturated rings. The molecule has 0 aliphatic heterocycles. The number of carbonyl (C=O) groups is 1. The summed E-state index contributed by atoms with van der Waals surface area (Å²) >= 11 is 0. The molecule has 0 unspecified atom stereocenters. The summed E-state index contributed by atoms with van der Waals surface area (Å²) in [5, 5.41) is 0. The van der Waals surface area contributed by atoms with Crippen LogP contribution < -0.4 is 0 Å². The second-order valence-corrected chi connectivity index (χ2v) is 8.68. The Kier molecular flexibility index (Phi) is 5.75. The van der Waals surface area contributed by atoms with E-state index in [0.717, 1.165) is 30.6 Å². The Morgan fingerprint density at radius 2 is 1.70 bits per heavy atom. The highest BCUT2D eigenvalue weighted by atomic mass is 16.5. The summed E-state index contributed by atoms with van der Waals surface area (Å²) in [4.78, 5) is 13.3. The largest absolute Gasteiger partial charge is 0.497 e.